The highest BCUT2D eigenvalue weighted by Gasteiger charge is 2.64. The number of carbonyl (C=O) groups is 3. The molecule has 180 valence electrons. The average molecular weight is 496 g/mol. The van der Waals surface area contributed by atoms with E-state index in [1.165, 1.54) is 0 Å². The van der Waals surface area contributed by atoms with Crippen LogP contribution in [0.25, 0.3) is 5.76 Å². The fraction of sp³-hybridized carbons (Fsp3) is 0.350. The minimum atomic E-state index is -2.87. The maximum atomic E-state index is 13.5. The number of benzene rings is 1. The summed E-state index contributed by atoms with van der Waals surface area (Å²) in [4.78, 5) is 48.3. The minimum absolute atomic E-state index is 0.449. The number of nitrogens with zero attached hydrogens (tertiary/aromatic N) is 1. The summed E-state index contributed by atoms with van der Waals surface area (Å²) in [7, 11) is 0. The number of ketones is 2. The number of nitrogens with two attached hydrogens (primary N) is 2. The van der Waals surface area contributed by atoms with E-state index in [9.17, 15) is 50.0 Å². The molecule has 0 unspecified atom stereocenters. The number of carbonyl (C=O) groups excluding carboxylic acids is 3. The Morgan fingerprint density at radius 3 is 2.35 bits per heavy atom. The fourth-order valence-corrected chi connectivity index (χ4v) is 5.51. The molecule has 0 aliphatic heterocycles. The van der Waals surface area contributed by atoms with Gasteiger partial charge in [0.2, 0.25) is 5.78 Å². The summed E-state index contributed by atoms with van der Waals surface area (Å²) in [5.41, 5.74) is 0.833. The zero-order valence-electron chi connectivity index (χ0n) is 17.3. The van der Waals surface area contributed by atoms with Gasteiger partial charge in [0.25, 0.3) is 11.6 Å². The SMILES string of the molecule is C[C@@]1(O)c2c(c(O)c(N)c(Cl)c2[N+](=O)[O-])C(O)=C2C(=O)[C@]3(O)C(O)=C(C(N)=O)C(=O)C[C@@H]3C[C@@H]21. The van der Waals surface area contributed by atoms with Crippen molar-refractivity contribution in [3.8, 4) is 5.75 Å². The normalized spacial score (nSPS) is 30.6. The van der Waals surface area contributed by atoms with Crippen LogP contribution >= 0.6 is 11.6 Å². The number of nitrogen functional groups attached to an aromatic ring is 1. The van der Waals surface area contributed by atoms with Gasteiger partial charge in [0.1, 0.15) is 33.4 Å². The molecule has 4 rings (SSSR count). The van der Waals surface area contributed by atoms with Crippen LogP contribution in [0.4, 0.5) is 11.4 Å². The number of nitro groups is 1. The molecule has 3 aliphatic rings. The Kier molecular flexibility index (Phi) is 4.77. The number of fused-ring (bicyclic) bond motifs is 3. The lowest BCUT2D eigenvalue weighted by Crippen LogP contribution is -2.60. The number of nitro benzene ring substituents is 1. The summed E-state index contributed by atoms with van der Waals surface area (Å²) < 4.78 is 0. The van der Waals surface area contributed by atoms with Crippen LogP contribution in [0, 0.1) is 22.0 Å². The van der Waals surface area contributed by atoms with Gasteiger partial charge in [0.15, 0.2) is 17.1 Å². The van der Waals surface area contributed by atoms with Crippen molar-refractivity contribution in [2.45, 2.75) is 31.0 Å². The van der Waals surface area contributed by atoms with Crippen molar-refractivity contribution in [1.29, 1.82) is 0 Å². The molecule has 3 aliphatic carbocycles. The molecule has 1 aromatic carbocycles. The Hall–Kier alpha value is -3.68. The smallest absolute Gasteiger partial charge is 0.297 e. The number of phenols is 1. The van der Waals surface area contributed by atoms with E-state index in [2.05, 4.69) is 0 Å². The van der Waals surface area contributed by atoms with Gasteiger partial charge < -0.3 is 37.0 Å². The van der Waals surface area contributed by atoms with Gasteiger partial charge in [0, 0.05) is 23.8 Å². The molecule has 13 nitrogen and oxygen atoms in total. The topological polar surface area (TPSA) is 248 Å². The number of aliphatic hydroxyl groups is 4. The Balaban J connectivity index is 2.10. The molecule has 1 fully saturated rings. The number of halogens is 1. The minimum Gasteiger partial charge on any atom is -0.508 e. The number of phenolic OH excluding ortho intramolecular Hbond substituents is 1. The van der Waals surface area contributed by atoms with E-state index in [-0.39, 0.29) is 0 Å². The Morgan fingerprint density at radius 2 is 1.82 bits per heavy atom. The van der Waals surface area contributed by atoms with E-state index in [1.807, 2.05) is 0 Å². The number of hydrogen-bond acceptors (Lipinski definition) is 11. The zero-order chi connectivity index (χ0) is 25.7. The molecule has 4 atom stereocenters. The highest BCUT2D eigenvalue weighted by atomic mass is 35.5. The third kappa shape index (κ3) is 2.59. The van der Waals surface area contributed by atoms with Crippen molar-refractivity contribution in [3.05, 3.63) is 43.2 Å². The van der Waals surface area contributed by atoms with Crippen molar-refractivity contribution in [1.82, 2.24) is 0 Å². The Labute approximate surface area is 194 Å². The first-order valence-corrected chi connectivity index (χ1v) is 10.2. The number of Topliss-reactive ketones (excluding diaryl/α,β-unsaturated/α-hetero) is 2. The summed E-state index contributed by atoms with van der Waals surface area (Å²) in [5.74, 6) is -9.91. The quantitative estimate of drug-likeness (QED) is 0.0960. The monoisotopic (exact) mass is 495 g/mol. The van der Waals surface area contributed by atoms with E-state index in [0.29, 0.717) is 0 Å². The van der Waals surface area contributed by atoms with Gasteiger partial charge in [0.05, 0.1) is 16.1 Å². The molecular formula is C20H18ClN3O10. The number of aromatic hydroxyl groups is 1. The molecule has 9 N–H and O–H groups in total. The van der Waals surface area contributed by atoms with Crippen LogP contribution in [-0.2, 0) is 20.0 Å². The highest BCUT2D eigenvalue weighted by molar-refractivity contribution is 6.36. The predicted molar refractivity (Wildman–Crippen MR) is 113 cm³/mol. The lowest BCUT2D eigenvalue weighted by Gasteiger charge is -2.50. The molecular weight excluding hydrogens is 478 g/mol. The van der Waals surface area contributed by atoms with Gasteiger partial charge in [-0.15, -0.1) is 0 Å². The summed E-state index contributed by atoms with van der Waals surface area (Å²) in [6.07, 6.45) is -1.08. The van der Waals surface area contributed by atoms with Gasteiger partial charge in [-0.2, -0.15) is 0 Å². The fourth-order valence-electron chi connectivity index (χ4n) is 5.26. The first kappa shape index (κ1) is 23.5. The van der Waals surface area contributed by atoms with Gasteiger partial charge >= 0.3 is 0 Å². The van der Waals surface area contributed by atoms with Crippen molar-refractivity contribution in [2.24, 2.45) is 17.6 Å². The first-order chi connectivity index (χ1) is 15.6. The van der Waals surface area contributed by atoms with Gasteiger partial charge in [-0.3, -0.25) is 24.5 Å². The summed E-state index contributed by atoms with van der Waals surface area (Å²) in [6.45, 7) is 1.06. The third-order valence-corrected chi connectivity index (χ3v) is 7.27. The maximum Gasteiger partial charge on any atom is 0.297 e. The van der Waals surface area contributed by atoms with Crippen molar-refractivity contribution >= 4 is 46.2 Å². The largest absolute Gasteiger partial charge is 0.508 e. The molecule has 0 heterocycles. The number of rotatable bonds is 2. The lowest BCUT2D eigenvalue weighted by molar-refractivity contribution is -0.386. The van der Waals surface area contributed by atoms with E-state index in [1.54, 1.807) is 0 Å². The van der Waals surface area contributed by atoms with Gasteiger partial charge in [-0.05, 0) is 13.3 Å². The number of amides is 1. The zero-order valence-corrected chi connectivity index (χ0v) is 18.1. The molecule has 0 aromatic heterocycles. The molecule has 0 radical (unpaired) electrons. The summed E-state index contributed by atoms with van der Waals surface area (Å²) >= 11 is 5.96. The first-order valence-electron chi connectivity index (χ1n) is 9.78. The molecule has 1 aromatic rings. The Bertz CT molecular complexity index is 1310. The van der Waals surface area contributed by atoms with Crippen LogP contribution in [-0.4, -0.2) is 53.5 Å². The number of hydrogen-bond donors (Lipinski definition) is 7. The predicted octanol–water partition coefficient (Wildman–Crippen LogP) is 0.233. The molecule has 14 heteroatoms. The molecule has 0 bridgehead atoms. The van der Waals surface area contributed by atoms with Crippen LogP contribution < -0.4 is 11.5 Å². The molecule has 0 saturated heterocycles. The lowest BCUT2D eigenvalue weighted by atomic mass is 9.55. The van der Waals surface area contributed by atoms with E-state index in [0.717, 1.165) is 6.92 Å². The second-order valence-electron chi connectivity index (χ2n) is 8.64. The van der Waals surface area contributed by atoms with E-state index in [4.69, 9.17) is 23.1 Å². The van der Waals surface area contributed by atoms with Gasteiger partial charge in [-0.25, -0.2) is 0 Å². The second kappa shape index (κ2) is 6.91. The molecule has 34 heavy (non-hydrogen) atoms. The van der Waals surface area contributed by atoms with Crippen molar-refractivity contribution in [2.75, 3.05) is 5.73 Å². The molecule has 1 amide bonds. The summed E-state index contributed by atoms with van der Waals surface area (Å²) in [5, 5.41) is 65.7. The van der Waals surface area contributed by atoms with Crippen LogP contribution in [0.15, 0.2) is 16.9 Å². The number of aliphatic hydroxyl groups excluding tert-OH is 2. The molecule has 0 spiro atoms. The Morgan fingerprint density at radius 1 is 1.24 bits per heavy atom. The van der Waals surface area contributed by atoms with E-state index >= 15 is 0 Å². The van der Waals surface area contributed by atoms with Crippen molar-refractivity contribution in [3.63, 3.8) is 0 Å². The maximum absolute atomic E-state index is 13.5. The standard InChI is InChI=1S/C20H18ClN3O10/c1-19(31)5-2-4-3-6(25)8(18(23)30)17(29)20(4,32)16(28)7(5)14(26)9-10(19)13(24(33)34)11(21)12(22)15(9)27/h4-5,26-27,29,31-32H,2-3,22H2,1H3,(H2,23,30)/t4-,5-,19-,20-/m0/s1. The highest BCUT2D eigenvalue weighted by Crippen LogP contribution is 2.60. The average Bonchev–Trinajstić information content (AvgIpc) is 2.72. The number of anilines is 1. The molecule has 1 saturated carbocycles. The third-order valence-electron chi connectivity index (χ3n) is 6.89. The van der Waals surface area contributed by atoms with Crippen LogP contribution in [0.3, 0.4) is 0 Å². The van der Waals surface area contributed by atoms with E-state index < -0.39 is 114 Å². The van der Waals surface area contributed by atoms with Crippen LogP contribution in [0.1, 0.15) is 30.9 Å². The van der Waals surface area contributed by atoms with Gasteiger partial charge in [-0.1, -0.05) is 11.6 Å². The van der Waals surface area contributed by atoms with Crippen LogP contribution in [0.5, 0.6) is 5.75 Å². The second-order valence-corrected chi connectivity index (χ2v) is 9.02. The number of primary amides is 1. The van der Waals surface area contributed by atoms with Crippen LogP contribution in [0.2, 0.25) is 5.02 Å². The summed E-state index contributed by atoms with van der Waals surface area (Å²) in [6, 6.07) is 0. The van der Waals surface area contributed by atoms with Crippen molar-refractivity contribution < 1.29 is 44.8 Å².